The molecule has 2 aromatic heterocycles. The fraction of sp³-hybridized carbons (Fsp3) is 0.333. The summed E-state index contributed by atoms with van der Waals surface area (Å²) in [5.41, 5.74) is -0.858. The van der Waals surface area contributed by atoms with E-state index in [9.17, 15) is 22.8 Å². The standard InChI is InChI=1S/C21H20F3N5O3/c1-11-26-19(25-8-12-3-2-4-14(17(12)22)18(23)24)15-7-16(21(31)28-20(15)27-11)32-13-5-6-29(9-13)10-30/h2-4,7,10,13,18H,5-6,8-9H2,1H3,(H2,25,26,27,28,31). The Bertz CT molecular complexity index is 1220. The van der Waals surface area contributed by atoms with Crippen LogP contribution in [-0.2, 0) is 11.3 Å². The van der Waals surface area contributed by atoms with Crippen LogP contribution in [0.3, 0.4) is 0 Å². The number of pyridine rings is 1. The van der Waals surface area contributed by atoms with Gasteiger partial charge in [-0.15, -0.1) is 0 Å². The van der Waals surface area contributed by atoms with Crippen molar-refractivity contribution in [2.45, 2.75) is 32.4 Å². The van der Waals surface area contributed by atoms with Gasteiger partial charge in [0, 0.05) is 31.1 Å². The second-order valence-corrected chi connectivity index (χ2v) is 7.45. The third-order valence-corrected chi connectivity index (χ3v) is 5.20. The number of ether oxygens (including phenoxy) is 1. The van der Waals surface area contributed by atoms with Crippen LogP contribution in [-0.4, -0.2) is 45.5 Å². The van der Waals surface area contributed by atoms with Crippen LogP contribution in [0.15, 0.2) is 29.1 Å². The first kappa shape index (κ1) is 21.6. The van der Waals surface area contributed by atoms with Crippen LogP contribution < -0.4 is 15.6 Å². The number of nitrogens with one attached hydrogen (secondary N) is 2. The largest absolute Gasteiger partial charge is 0.483 e. The molecule has 11 heteroatoms. The Balaban J connectivity index is 1.63. The maximum absolute atomic E-state index is 14.4. The summed E-state index contributed by atoms with van der Waals surface area (Å²) in [6, 6.07) is 5.28. The maximum Gasteiger partial charge on any atom is 0.291 e. The number of aromatic amines is 1. The molecule has 1 unspecified atom stereocenters. The number of benzene rings is 1. The third kappa shape index (κ3) is 4.36. The first-order chi connectivity index (χ1) is 15.4. The highest BCUT2D eigenvalue weighted by Crippen LogP contribution is 2.26. The van der Waals surface area contributed by atoms with Crippen molar-refractivity contribution in [2.75, 3.05) is 18.4 Å². The van der Waals surface area contributed by atoms with Gasteiger partial charge in [0.05, 0.1) is 17.5 Å². The topological polar surface area (TPSA) is 100 Å². The van der Waals surface area contributed by atoms with E-state index in [0.717, 1.165) is 12.5 Å². The predicted octanol–water partition coefficient (Wildman–Crippen LogP) is 2.92. The number of aryl methyl sites for hydroxylation is 1. The molecule has 8 nitrogen and oxygen atoms in total. The second kappa shape index (κ2) is 8.85. The minimum Gasteiger partial charge on any atom is -0.483 e. The van der Waals surface area contributed by atoms with Crippen LogP contribution >= 0.6 is 0 Å². The van der Waals surface area contributed by atoms with E-state index in [-0.39, 0.29) is 35.4 Å². The van der Waals surface area contributed by atoms with Crippen LogP contribution in [0.2, 0.25) is 0 Å². The molecule has 3 aromatic rings. The molecule has 1 saturated heterocycles. The number of carbonyl (C=O) groups is 1. The van der Waals surface area contributed by atoms with Crippen molar-refractivity contribution in [2.24, 2.45) is 0 Å². The molecule has 0 aliphatic carbocycles. The molecule has 1 aliphatic rings. The van der Waals surface area contributed by atoms with Crippen LogP contribution in [0.1, 0.15) is 29.8 Å². The van der Waals surface area contributed by atoms with Gasteiger partial charge in [-0.1, -0.05) is 18.2 Å². The first-order valence-corrected chi connectivity index (χ1v) is 9.92. The highest BCUT2D eigenvalue weighted by Gasteiger charge is 2.24. The number of anilines is 1. The Hall–Kier alpha value is -3.63. The SMILES string of the molecule is Cc1nc(NCc2cccc(C(F)F)c2F)c2cc(OC3CCN(C=O)C3)c(=O)[nH]c2n1. The van der Waals surface area contributed by atoms with Gasteiger partial charge in [0.25, 0.3) is 12.0 Å². The third-order valence-electron chi connectivity index (χ3n) is 5.20. The number of fused-ring (bicyclic) bond motifs is 1. The number of halogens is 3. The Morgan fingerprint density at radius 1 is 1.38 bits per heavy atom. The predicted molar refractivity (Wildman–Crippen MR) is 110 cm³/mol. The van der Waals surface area contributed by atoms with Gasteiger partial charge < -0.3 is 19.9 Å². The Kier molecular flexibility index (Phi) is 5.97. The summed E-state index contributed by atoms with van der Waals surface area (Å²) in [5, 5.41) is 3.36. The summed E-state index contributed by atoms with van der Waals surface area (Å²) < 4.78 is 46.1. The van der Waals surface area contributed by atoms with Gasteiger partial charge in [-0.25, -0.2) is 23.1 Å². The molecule has 0 bridgehead atoms. The summed E-state index contributed by atoms with van der Waals surface area (Å²) in [5.74, 6) is -0.306. The number of amides is 1. The van der Waals surface area contributed by atoms with Crippen molar-refractivity contribution in [3.05, 3.63) is 57.4 Å². The molecule has 168 valence electrons. The van der Waals surface area contributed by atoms with Gasteiger partial charge in [-0.05, 0) is 6.92 Å². The van der Waals surface area contributed by atoms with E-state index < -0.39 is 23.4 Å². The van der Waals surface area contributed by atoms with Crippen LogP contribution in [0.4, 0.5) is 19.0 Å². The van der Waals surface area contributed by atoms with E-state index in [1.165, 1.54) is 18.2 Å². The molecular formula is C21H20F3N5O3. The van der Waals surface area contributed by atoms with Gasteiger partial charge >= 0.3 is 0 Å². The molecule has 0 spiro atoms. The van der Waals surface area contributed by atoms with Gasteiger partial charge in [-0.3, -0.25) is 9.59 Å². The zero-order valence-electron chi connectivity index (χ0n) is 17.1. The number of hydrogen-bond donors (Lipinski definition) is 2. The minimum absolute atomic E-state index is 0.0385. The van der Waals surface area contributed by atoms with E-state index in [0.29, 0.717) is 30.7 Å². The number of rotatable bonds is 7. The number of likely N-dealkylation sites (tertiary alicyclic amines) is 1. The Labute approximate surface area is 180 Å². The molecule has 0 saturated carbocycles. The number of alkyl halides is 2. The van der Waals surface area contributed by atoms with Gasteiger partial charge in [0.2, 0.25) is 6.41 Å². The van der Waals surface area contributed by atoms with Crippen molar-refractivity contribution >= 4 is 23.3 Å². The summed E-state index contributed by atoms with van der Waals surface area (Å²) in [7, 11) is 0. The maximum atomic E-state index is 14.4. The lowest BCUT2D eigenvalue weighted by atomic mass is 10.1. The lowest BCUT2D eigenvalue weighted by molar-refractivity contribution is -0.117. The molecule has 1 aromatic carbocycles. The molecule has 32 heavy (non-hydrogen) atoms. The lowest BCUT2D eigenvalue weighted by Crippen LogP contribution is -2.25. The van der Waals surface area contributed by atoms with Gasteiger partial charge in [0.1, 0.15) is 29.2 Å². The Morgan fingerprint density at radius 3 is 2.91 bits per heavy atom. The average Bonchev–Trinajstić information content (AvgIpc) is 3.21. The van der Waals surface area contributed by atoms with E-state index in [1.54, 1.807) is 11.8 Å². The fourth-order valence-electron chi connectivity index (χ4n) is 3.61. The quantitative estimate of drug-likeness (QED) is 0.541. The molecule has 1 amide bonds. The number of hydrogen-bond acceptors (Lipinski definition) is 6. The van der Waals surface area contributed by atoms with Crippen molar-refractivity contribution < 1.29 is 22.7 Å². The van der Waals surface area contributed by atoms with Crippen LogP contribution in [0, 0.1) is 12.7 Å². The molecule has 0 radical (unpaired) electrons. The van der Waals surface area contributed by atoms with Crippen LogP contribution in [0.5, 0.6) is 5.75 Å². The van der Waals surface area contributed by atoms with Crippen molar-refractivity contribution in [1.82, 2.24) is 19.9 Å². The Morgan fingerprint density at radius 2 is 2.19 bits per heavy atom. The number of carbonyl (C=O) groups excluding carboxylic acids is 1. The van der Waals surface area contributed by atoms with Crippen molar-refractivity contribution in [1.29, 1.82) is 0 Å². The normalized spacial score (nSPS) is 16.0. The summed E-state index contributed by atoms with van der Waals surface area (Å²) in [6.07, 6.45) is -1.93. The highest BCUT2D eigenvalue weighted by atomic mass is 19.3. The molecule has 1 fully saturated rings. The van der Waals surface area contributed by atoms with Gasteiger partial charge in [-0.2, -0.15) is 0 Å². The summed E-state index contributed by atoms with van der Waals surface area (Å²) in [4.78, 5) is 36.1. The first-order valence-electron chi connectivity index (χ1n) is 9.92. The van der Waals surface area contributed by atoms with E-state index >= 15 is 0 Å². The molecule has 4 rings (SSSR count). The van der Waals surface area contributed by atoms with E-state index in [2.05, 4.69) is 20.3 Å². The smallest absolute Gasteiger partial charge is 0.291 e. The molecule has 2 N–H and O–H groups in total. The fourth-order valence-corrected chi connectivity index (χ4v) is 3.61. The molecule has 3 heterocycles. The lowest BCUT2D eigenvalue weighted by Gasteiger charge is -2.15. The van der Waals surface area contributed by atoms with Crippen molar-refractivity contribution in [3.8, 4) is 5.75 Å². The molecule has 1 aliphatic heterocycles. The molecule has 1 atom stereocenters. The van der Waals surface area contributed by atoms with E-state index in [1.807, 2.05) is 0 Å². The highest BCUT2D eigenvalue weighted by molar-refractivity contribution is 5.87. The number of H-pyrrole nitrogens is 1. The monoisotopic (exact) mass is 447 g/mol. The van der Waals surface area contributed by atoms with E-state index in [4.69, 9.17) is 4.74 Å². The van der Waals surface area contributed by atoms with Gasteiger partial charge in [0.15, 0.2) is 5.75 Å². The number of nitrogens with zero attached hydrogens (tertiary/aromatic N) is 3. The zero-order valence-corrected chi connectivity index (χ0v) is 17.1. The second-order valence-electron chi connectivity index (χ2n) is 7.45. The van der Waals surface area contributed by atoms with Crippen molar-refractivity contribution in [3.63, 3.8) is 0 Å². The summed E-state index contributed by atoms with van der Waals surface area (Å²) >= 11 is 0. The summed E-state index contributed by atoms with van der Waals surface area (Å²) in [6.45, 7) is 2.43. The minimum atomic E-state index is -2.92. The zero-order chi connectivity index (χ0) is 22.8. The average molecular weight is 447 g/mol. The number of aromatic nitrogens is 3. The molecular weight excluding hydrogens is 427 g/mol. The van der Waals surface area contributed by atoms with Crippen LogP contribution in [0.25, 0.3) is 11.0 Å².